The first-order valence-electron chi connectivity index (χ1n) is 17.0. The summed E-state index contributed by atoms with van der Waals surface area (Å²) in [6.45, 7) is 0. The van der Waals surface area contributed by atoms with Crippen molar-refractivity contribution in [2.24, 2.45) is 0 Å². The summed E-state index contributed by atoms with van der Waals surface area (Å²) < 4.78 is 0. The summed E-state index contributed by atoms with van der Waals surface area (Å²) in [6.07, 6.45) is 30.2. The van der Waals surface area contributed by atoms with E-state index in [-0.39, 0.29) is 31.8 Å². The third-order valence-corrected chi connectivity index (χ3v) is 18.2. The molecule has 5 heteroatoms. The molecule has 0 atom stereocenters. The smallest absolute Gasteiger partial charge is 0.0620 e. The van der Waals surface area contributed by atoms with Crippen molar-refractivity contribution in [3.63, 3.8) is 0 Å². The van der Waals surface area contributed by atoms with Gasteiger partial charge < -0.3 is 0 Å². The normalized spacial score (nSPS) is 21.7. The monoisotopic (exact) mass is 726 g/mol. The Morgan fingerprint density at radius 2 is 0.610 bits per heavy atom. The first-order valence-corrected chi connectivity index (χ1v) is 24.3. The molecule has 0 amide bonds. The minimum Gasteiger partial charge on any atom is -0.0620 e. The van der Waals surface area contributed by atoms with Gasteiger partial charge in [-0.1, -0.05) is 62.1 Å². The van der Waals surface area contributed by atoms with Crippen LogP contribution in [0.15, 0.2) is 60.7 Å². The Hall–Kier alpha value is 0.542. The number of benzene rings is 2. The van der Waals surface area contributed by atoms with Crippen LogP contribution in [0.4, 0.5) is 0 Å². The van der Waals surface area contributed by atoms with Crippen LogP contribution in [0.1, 0.15) is 128 Å². The fourth-order valence-corrected chi connectivity index (χ4v) is 17.0. The van der Waals surface area contributed by atoms with E-state index in [0.717, 1.165) is 22.6 Å². The second kappa shape index (κ2) is 20.5. The van der Waals surface area contributed by atoms with Gasteiger partial charge in [-0.25, -0.2) is 0 Å². The summed E-state index contributed by atoms with van der Waals surface area (Å²) in [5, 5.41) is 3.48. The van der Waals surface area contributed by atoms with E-state index in [2.05, 4.69) is 60.7 Å². The fourth-order valence-electron chi connectivity index (χ4n) is 8.53. The zero-order valence-corrected chi connectivity index (χ0v) is 30.4. The quantitative estimate of drug-likeness (QED) is 0.205. The van der Waals surface area contributed by atoms with Gasteiger partial charge in [0.05, 0.1) is 33.2 Å². The molecule has 4 fully saturated rings. The maximum atomic E-state index is 4.81. The second-order valence-corrected chi connectivity index (χ2v) is 21.6. The molecule has 0 aliphatic heterocycles. The van der Waals surface area contributed by atoms with E-state index >= 15 is 0 Å². The average Bonchev–Trinajstić information content (AvgIpc) is 3.05. The Morgan fingerprint density at radius 1 is 0.390 bits per heavy atom. The number of hydrogen-bond acceptors (Lipinski definition) is 0. The van der Waals surface area contributed by atoms with E-state index in [1.54, 1.807) is 10.6 Å². The molecule has 2 aromatic rings. The van der Waals surface area contributed by atoms with Crippen LogP contribution in [0.5, 0.6) is 0 Å². The summed E-state index contributed by atoms with van der Waals surface area (Å²) in [7, 11) is 8.98. The summed E-state index contributed by atoms with van der Waals surface area (Å²) in [4.78, 5) is 0. The van der Waals surface area contributed by atoms with E-state index in [0.29, 0.717) is 0 Å². The molecular weight excluding hydrogens is 672 g/mol. The van der Waals surface area contributed by atoms with Crippen LogP contribution in [0.3, 0.4) is 0 Å². The Balaban J connectivity index is 0.000000173. The summed E-state index contributed by atoms with van der Waals surface area (Å²) in [5.74, 6) is 0. The average molecular weight is 728 g/mol. The molecule has 0 unspecified atom stereocenters. The first kappa shape index (κ1) is 34.4. The molecule has 2 aromatic carbocycles. The van der Waals surface area contributed by atoms with Gasteiger partial charge in [0.2, 0.25) is 0 Å². The van der Waals surface area contributed by atoms with Crippen LogP contribution in [-0.2, 0) is 15.9 Å². The van der Waals surface area contributed by atoms with Gasteiger partial charge in [0.15, 0.2) is 0 Å². The van der Waals surface area contributed by atoms with Gasteiger partial charge in [0.25, 0.3) is 0 Å². The van der Waals surface area contributed by atoms with Crippen LogP contribution in [0, 0.1) is 0 Å². The van der Waals surface area contributed by atoms with E-state index < -0.39 is 0 Å². The van der Waals surface area contributed by atoms with E-state index in [9.17, 15) is 0 Å². The van der Waals surface area contributed by atoms with Gasteiger partial charge in [-0.3, -0.25) is 0 Å². The predicted octanol–water partition coefficient (Wildman–Crippen LogP) is 11.8. The Bertz CT molecular complexity index is 794. The SMILES string of the molecule is [Cl][Pd][Cl].c1ccc([PH+](C2CCCCC2)C2CCCCC2)cc1.c1ccc([PH+](C2CCCCC2)C2CCCCC2)cc1. The van der Waals surface area contributed by atoms with Crippen LogP contribution in [-0.4, -0.2) is 22.6 Å². The molecule has 0 radical (unpaired) electrons. The maximum Gasteiger partial charge on any atom is 0.0920 e. The van der Waals surface area contributed by atoms with Crippen LogP contribution >= 0.6 is 34.9 Å². The van der Waals surface area contributed by atoms with Crippen molar-refractivity contribution in [2.45, 2.75) is 151 Å². The minimum atomic E-state index is -0.323. The van der Waals surface area contributed by atoms with Crippen molar-refractivity contribution < 1.29 is 15.9 Å². The molecule has 4 aliphatic rings. The van der Waals surface area contributed by atoms with Gasteiger partial charge >= 0.3 is 35.0 Å². The van der Waals surface area contributed by atoms with Gasteiger partial charge in [0.1, 0.15) is 0 Å². The number of rotatable bonds is 6. The van der Waals surface area contributed by atoms with E-state index in [1.807, 2.05) is 0 Å². The third kappa shape index (κ3) is 11.4. The number of halogens is 2. The summed E-state index contributed by atoms with van der Waals surface area (Å²) >= 11 is -0.106. The van der Waals surface area contributed by atoms with Crippen molar-refractivity contribution in [3.8, 4) is 0 Å². The molecule has 6 rings (SSSR count). The molecule has 0 bridgehead atoms. The predicted molar refractivity (Wildman–Crippen MR) is 188 cm³/mol. The van der Waals surface area contributed by atoms with Crippen molar-refractivity contribution in [2.75, 3.05) is 0 Å². The third-order valence-electron chi connectivity index (χ3n) is 10.4. The zero-order valence-electron chi connectivity index (χ0n) is 25.3. The topological polar surface area (TPSA) is 0 Å². The van der Waals surface area contributed by atoms with Gasteiger partial charge in [0, 0.05) is 15.8 Å². The van der Waals surface area contributed by atoms with Gasteiger partial charge in [-0.05, 0) is 127 Å². The Kier molecular flexibility index (Phi) is 17.2. The second-order valence-electron chi connectivity index (χ2n) is 13.0. The van der Waals surface area contributed by atoms with Gasteiger partial charge in [-0.15, -0.1) is 0 Å². The minimum absolute atomic E-state index is 0.106. The van der Waals surface area contributed by atoms with Crippen molar-refractivity contribution >= 4 is 45.5 Å². The summed E-state index contributed by atoms with van der Waals surface area (Å²) in [5.41, 5.74) is 4.29. The first-order chi connectivity index (χ1) is 20.3. The fraction of sp³-hybridized carbons (Fsp3) is 0.667. The van der Waals surface area contributed by atoms with E-state index in [1.165, 1.54) is 128 Å². The molecule has 0 aromatic heterocycles. The van der Waals surface area contributed by atoms with Crippen LogP contribution in [0.25, 0.3) is 0 Å². The van der Waals surface area contributed by atoms with Gasteiger partial charge in [-0.2, -0.15) is 0 Å². The zero-order chi connectivity index (χ0) is 28.5. The largest absolute Gasteiger partial charge is 0.0920 e. The van der Waals surface area contributed by atoms with Crippen molar-refractivity contribution in [1.29, 1.82) is 0 Å². The standard InChI is InChI=1S/2C18H27P.2ClH.Pd/c2*1-4-10-16(11-5-1)19(17-12-6-2-7-13-17)18-14-8-3-9-15-18;;;/h2*1,4-5,10-11,17-18H,2-3,6-9,12-15H2;2*1H;/q;;;;+2. The molecule has 0 spiro atoms. The van der Waals surface area contributed by atoms with Crippen LogP contribution in [0.2, 0.25) is 0 Å². The molecule has 0 nitrogen and oxygen atoms in total. The molecule has 0 heterocycles. The van der Waals surface area contributed by atoms with Crippen molar-refractivity contribution in [1.82, 2.24) is 0 Å². The molecule has 41 heavy (non-hydrogen) atoms. The molecule has 4 aliphatic carbocycles. The molecule has 0 N–H and O–H groups in total. The molecule has 0 saturated heterocycles. The van der Waals surface area contributed by atoms with E-state index in [4.69, 9.17) is 19.1 Å². The molecule has 4 saturated carbocycles. The van der Waals surface area contributed by atoms with Crippen molar-refractivity contribution in [3.05, 3.63) is 60.7 Å². The summed E-state index contributed by atoms with van der Waals surface area (Å²) in [6, 6.07) is 23.2. The number of hydrogen-bond donors (Lipinski definition) is 0. The van der Waals surface area contributed by atoms with Crippen LogP contribution < -0.4 is 10.6 Å². The Labute approximate surface area is 271 Å². The molecular formula is C36H56Cl2P2Pd+2. The molecule has 232 valence electrons. The maximum absolute atomic E-state index is 4.81. The Morgan fingerprint density at radius 3 is 0.829 bits per heavy atom.